The molecule has 0 spiro atoms. The molecule has 0 heterocycles. The molecule has 0 saturated heterocycles. The maximum Gasteiger partial charge on any atom is 0.204 e. The second-order valence-corrected chi connectivity index (χ2v) is 9.48. The first-order valence-corrected chi connectivity index (χ1v) is 12.0. The third-order valence-electron chi connectivity index (χ3n) is 6.05. The highest BCUT2D eigenvalue weighted by atomic mass is 16.1. The van der Waals surface area contributed by atoms with Crippen molar-refractivity contribution >= 4 is 34.2 Å². The van der Waals surface area contributed by atoms with E-state index < -0.39 is 0 Å². The number of ketones is 1. The first-order valence-electron chi connectivity index (χ1n) is 12.0. The zero-order valence-electron chi connectivity index (χ0n) is 21.1. The van der Waals surface area contributed by atoms with E-state index in [0.29, 0.717) is 23.1 Å². The van der Waals surface area contributed by atoms with Crippen molar-refractivity contribution in [3.05, 3.63) is 72.1 Å². The molecule has 0 aromatic heterocycles. The van der Waals surface area contributed by atoms with E-state index in [2.05, 4.69) is 74.2 Å². The molecule has 0 fully saturated rings. The van der Waals surface area contributed by atoms with Gasteiger partial charge in [-0.15, -0.1) is 0 Å². The second-order valence-electron chi connectivity index (χ2n) is 9.48. The van der Waals surface area contributed by atoms with E-state index in [1.165, 1.54) is 6.08 Å². The van der Waals surface area contributed by atoms with Gasteiger partial charge in [0, 0.05) is 41.3 Å². The largest absolute Gasteiger partial charge is 0.397 e. The minimum absolute atomic E-state index is 0.0202. The lowest BCUT2D eigenvalue weighted by Gasteiger charge is -2.27. The average molecular weight is 460 g/mol. The Bertz CT molecular complexity index is 1090. The first-order chi connectivity index (χ1) is 16.1. The number of aliphatic imine (C=N–C) groups is 1. The van der Waals surface area contributed by atoms with Gasteiger partial charge in [-0.3, -0.25) is 4.79 Å². The molecule has 34 heavy (non-hydrogen) atoms. The monoisotopic (exact) mass is 459 g/mol. The fourth-order valence-corrected chi connectivity index (χ4v) is 3.75. The Labute approximate surface area is 203 Å². The predicted octanol–water partition coefficient (Wildman–Crippen LogP) is 6.02. The summed E-state index contributed by atoms with van der Waals surface area (Å²) in [5.74, 6) is -0.170. The Morgan fingerprint density at radius 3 is 2.15 bits per heavy atom. The van der Waals surface area contributed by atoms with Crippen LogP contribution in [0.1, 0.15) is 48.0 Å². The van der Waals surface area contributed by atoms with Gasteiger partial charge in [0.2, 0.25) is 5.78 Å². The maximum atomic E-state index is 12.6. The summed E-state index contributed by atoms with van der Waals surface area (Å²) in [4.78, 5) is 19.6. The summed E-state index contributed by atoms with van der Waals surface area (Å²) in [5.41, 5.74) is 11.3. The van der Waals surface area contributed by atoms with Crippen LogP contribution in [0.3, 0.4) is 0 Å². The van der Waals surface area contributed by atoms with Crippen molar-refractivity contribution in [1.29, 1.82) is 0 Å². The quantitative estimate of drug-likeness (QED) is 0.400. The molecule has 3 rings (SSSR count). The minimum Gasteiger partial charge on any atom is -0.397 e. The molecular weight excluding hydrogens is 422 g/mol. The van der Waals surface area contributed by atoms with E-state index in [1.807, 2.05) is 36.4 Å². The van der Waals surface area contributed by atoms with E-state index in [9.17, 15) is 4.79 Å². The molecule has 2 aromatic carbocycles. The van der Waals surface area contributed by atoms with Crippen molar-refractivity contribution in [3.63, 3.8) is 0 Å². The average Bonchev–Trinajstić information content (AvgIpc) is 2.79. The molecule has 0 aliphatic heterocycles. The van der Waals surface area contributed by atoms with Gasteiger partial charge in [0.1, 0.15) is 0 Å². The molecule has 0 saturated carbocycles. The van der Waals surface area contributed by atoms with Crippen LogP contribution >= 0.6 is 0 Å². The summed E-state index contributed by atoms with van der Waals surface area (Å²) in [7, 11) is 0. The second kappa shape index (κ2) is 10.6. The van der Waals surface area contributed by atoms with Gasteiger partial charge in [-0.05, 0) is 95.6 Å². The Hall–Kier alpha value is -3.54. The summed E-state index contributed by atoms with van der Waals surface area (Å²) >= 11 is 0. The fraction of sp³-hybridized carbons (Fsp3) is 0.357. The van der Waals surface area contributed by atoms with Crippen LogP contribution in [0.25, 0.3) is 0 Å². The lowest BCUT2D eigenvalue weighted by Crippen LogP contribution is -2.30. The van der Waals surface area contributed by atoms with Gasteiger partial charge in [0.15, 0.2) is 0 Å². The molecule has 180 valence electrons. The fourth-order valence-electron chi connectivity index (χ4n) is 3.75. The number of nitrogens with two attached hydrogens (primary N) is 1. The number of anilines is 3. The number of hydrogen-bond acceptors (Lipinski definition) is 6. The van der Waals surface area contributed by atoms with Crippen molar-refractivity contribution in [2.75, 3.05) is 22.1 Å². The van der Waals surface area contributed by atoms with E-state index >= 15 is 0 Å². The van der Waals surface area contributed by atoms with Gasteiger partial charge in [0.05, 0.1) is 22.8 Å². The Kier molecular flexibility index (Phi) is 7.82. The van der Waals surface area contributed by atoms with Crippen LogP contribution in [0, 0.1) is 0 Å². The predicted molar refractivity (Wildman–Crippen MR) is 145 cm³/mol. The molecule has 0 amide bonds. The van der Waals surface area contributed by atoms with Crippen LogP contribution < -0.4 is 21.3 Å². The van der Waals surface area contributed by atoms with Crippen LogP contribution in [-0.4, -0.2) is 29.6 Å². The highest BCUT2D eigenvalue weighted by molar-refractivity contribution is 6.23. The molecule has 1 aliphatic rings. The smallest absolute Gasteiger partial charge is 0.204 e. The van der Waals surface area contributed by atoms with E-state index in [0.717, 1.165) is 35.7 Å². The third-order valence-corrected chi connectivity index (χ3v) is 6.05. The highest BCUT2D eigenvalue weighted by Gasteiger charge is 2.18. The number of carbonyl (C=O) groups excluding carboxylic acids is 1. The maximum absolute atomic E-state index is 12.6. The summed E-state index contributed by atoms with van der Waals surface area (Å²) in [5, 5.41) is 6.72. The summed E-state index contributed by atoms with van der Waals surface area (Å²) < 4.78 is 0. The number of allylic oxidation sites excluding steroid dienone is 2. The number of hydrogen-bond donors (Lipinski definition) is 3. The van der Waals surface area contributed by atoms with Crippen molar-refractivity contribution in [2.45, 2.75) is 59.5 Å². The normalized spacial score (nSPS) is 15.3. The highest BCUT2D eigenvalue weighted by Crippen LogP contribution is 2.24. The van der Waals surface area contributed by atoms with Gasteiger partial charge in [-0.2, -0.15) is 0 Å². The SMILES string of the molecule is CCN(c1ccc(N=C2C=C(Nc3ccc(NC(C)(C)CC)cc3)C(=O)C=C2N)cc1)C(C)C. The Balaban J connectivity index is 1.78. The molecule has 1 aliphatic carbocycles. The van der Waals surface area contributed by atoms with Crippen molar-refractivity contribution in [1.82, 2.24) is 0 Å². The number of nitrogens with one attached hydrogen (secondary N) is 2. The summed E-state index contributed by atoms with van der Waals surface area (Å²) in [6.07, 6.45) is 4.15. The molecule has 0 atom stereocenters. The standard InChI is InChI=1S/C28H37N5O/c1-7-28(5,6)32-22-11-9-20(10-12-22)31-26-18-25(24(29)17-27(26)34)30-21-13-15-23(16-14-21)33(8-2)19(3)4/h9-19,31-32H,7-8,29H2,1-6H3. The van der Waals surface area contributed by atoms with Crippen molar-refractivity contribution in [2.24, 2.45) is 10.7 Å². The third kappa shape index (κ3) is 6.28. The number of carbonyl (C=O) groups is 1. The number of benzene rings is 2. The van der Waals surface area contributed by atoms with Crippen LogP contribution in [0.4, 0.5) is 22.7 Å². The molecular formula is C28H37N5O. The molecule has 2 aromatic rings. The van der Waals surface area contributed by atoms with Crippen LogP contribution in [-0.2, 0) is 4.79 Å². The van der Waals surface area contributed by atoms with E-state index in [4.69, 9.17) is 5.73 Å². The molecule has 6 nitrogen and oxygen atoms in total. The van der Waals surface area contributed by atoms with Gasteiger partial charge in [0.25, 0.3) is 0 Å². The van der Waals surface area contributed by atoms with Crippen molar-refractivity contribution < 1.29 is 4.79 Å². The zero-order chi connectivity index (χ0) is 24.9. The zero-order valence-corrected chi connectivity index (χ0v) is 21.1. The minimum atomic E-state index is -0.170. The van der Waals surface area contributed by atoms with E-state index in [-0.39, 0.29) is 11.3 Å². The van der Waals surface area contributed by atoms with E-state index in [1.54, 1.807) is 6.08 Å². The Morgan fingerprint density at radius 1 is 0.971 bits per heavy atom. The molecule has 0 bridgehead atoms. The van der Waals surface area contributed by atoms with Gasteiger partial charge in [-0.1, -0.05) is 6.92 Å². The van der Waals surface area contributed by atoms with Crippen LogP contribution in [0.15, 0.2) is 77.1 Å². The topological polar surface area (TPSA) is 82.8 Å². The van der Waals surface area contributed by atoms with Crippen LogP contribution in [0.5, 0.6) is 0 Å². The van der Waals surface area contributed by atoms with Crippen LogP contribution in [0.2, 0.25) is 0 Å². The Morgan fingerprint density at radius 2 is 1.59 bits per heavy atom. The molecule has 0 unspecified atom stereocenters. The van der Waals surface area contributed by atoms with Gasteiger partial charge >= 0.3 is 0 Å². The summed E-state index contributed by atoms with van der Waals surface area (Å²) in [6.45, 7) is 13.9. The lowest BCUT2D eigenvalue weighted by molar-refractivity contribution is -0.111. The molecule has 6 heteroatoms. The summed E-state index contributed by atoms with van der Waals surface area (Å²) in [6, 6.07) is 16.4. The molecule has 4 N–H and O–H groups in total. The molecule has 0 radical (unpaired) electrons. The first kappa shape index (κ1) is 25.1. The number of rotatable bonds is 9. The van der Waals surface area contributed by atoms with Gasteiger partial charge in [-0.25, -0.2) is 4.99 Å². The lowest BCUT2D eigenvalue weighted by atomic mass is 10.0. The number of nitrogens with zero attached hydrogens (tertiary/aromatic N) is 2. The van der Waals surface area contributed by atoms with Crippen molar-refractivity contribution in [3.8, 4) is 0 Å². The van der Waals surface area contributed by atoms with Gasteiger partial charge < -0.3 is 21.3 Å².